The number of phenolic OH excluding ortho intramolecular Hbond substituents is 2. The Kier molecular flexibility index (Phi) is 10.2. The Balaban J connectivity index is 0.919. The molecule has 1 aliphatic carbocycles. The Morgan fingerprint density at radius 1 is 0.790 bits per heavy atom. The number of aromatic hydroxyl groups is 2. The molecule has 1 saturated carbocycles. The minimum absolute atomic E-state index is 0.0400. The van der Waals surface area contributed by atoms with Crippen LogP contribution in [0, 0.1) is 19.8 Å². The molecule has 2 aliphatic heterocycles. The van der Waals surface area contributed by atoms with Crippen LogP contribution >= 0.6 is 0 Å². The second kappa shape index (κ2) is 15.7. The number of aryl methyl sites for hydroxylation is 2. The van der Waals surface area contributed by atoms with E-state index in [4.69, 9.17) is 18.6 Å². The maximum absolute atomic E-state index is 14.0. The predicted octanol–water partition coefficient (Wildman–Crippen LogP) is 9.59. The van der Waals surface area contributed by atoms with Gasteiger partial charge in [0.1, 0.15) is 45.6 Å². The number of carbonyl (C=O) groups excluding carboxylic acids is 3. The smallest absolute Gasteiger partial charge is 0.349 e. The van der Waals surface area contributed by atoms with E-state index in [-0.39, 0.29) is 47.0 Å². The van der Waals surface area contributed by atoms with Crippen molar-refractivity contribution in [2.24, 2.45) is 5.92 Å². The molecule has 12 nitrogen and oxygen atoms in total. The number of ketones is 1. The molecule has 0 bridgehead atoms. The minimum Gasteiger partial charge on any atom is -0.508 e. The summed E-state index contributed by atoms with van der Waals surface area (Å²) in [4.78, 5) is 56.1. The maximum atomic E-state index is 14.0. The van der Waals surface area contributed by atoms with Gasteiger partial charge in [-0.1, -0.05) is 6.07 Å². The van der Waals surface area contributed by atoms with Gasteiger partial charge >= 0.3 is 11.6 Å². The Labute approximate surface area is 357 Å². The van der Waals surface area contributed by atoms with Gasteiger partial charge in [-0.05, 0) is 137 Å². The van der Waals surface area contributed by atoms with E-state index in [2.05, 4.69) is 24.1 Å². The number of Topliss-reactive ketones (excluding diaryl/α,β-unsaturated/α-hetero) is 1. The number of phenols is 2. The highest BCUT2D eigenvalue weighted by molar-refractivity contribution is 6.01. The zero-order valence-corrected chi connectivity index (χ0v) is 34.9. The van der Waals surface area contributed by atoms with Crippen LogP contribution in [0.25, 0.3) is 11.0 Å². The first kappa shape index (κ1) is 40.3. The van der Waals surface area contributed by atoms with Crippen molar-refractivity contribution >= 4 is 34.3 Å². The molecule has 1 fully saturated rings. The fourth-order valence-corrected chi connectivity index (χ4v) is 9.24. The molecule has 316 valence electrons. The summed E-state index contributed by atoms with van der Waals surface area (Å²) < 4.78 is 24.4. The number of benzene rings is 5. The molecule has 1 unspecified atom stereocenters. The molecule has 1 amide bonds. The summed E-state index contributed by atoms with van der Waals surface area (Å²) >= 11 is 0. The minimum atomic E-state index is -1.49. The van der Waals surface area contributed by atoms with Crippen LogP contribution in [0.2, 0.25) is 0 Å². The molecule has 5 aromatic carbocycles. The van der Waals surface area contributed by atoms with Crippen molar-refractivity contribution in [2.45, 2.75) is 71.4 Å². The first-order chi connectivity index (χ1) is 29.8. The Morgan fingerprint density at radius 3 is 2.23 bits per heavy atom. The Hall–Kier alpha value is -7.08. The van der Waals surface area contributed by atoms with Crippen LogP contribution in [0.4, 0.5) is 5.69 Å². The maximum Gasteiger partial charge on any atom is 0.349 e. The molecule has 6 aromatic rings. The van der Waals surface area contributed by atoms with E-state index in [0.29, 0.717) is 92.8 Å². The third-order valence-electron chi connectivity index (χ3n) is 12.5. The van der Waals surface area contributed by atoms with Gasteiger partial charge in [0, 0.05) is 77.1 Å². The van der Waals surface area contributed by atoms with E-state index in [0.717, 1.165) is 18.8 Å². The van der Waals surface area contributed by atoms with Gasteiger partial charge in [-0.15, -0.1) is 0 Å². The van der Waals surface area contributed by atoms with Crippen molar-refractivity contribution in [3.63, 3.8) is 0 Å². The number of esters is 1. The largest absolute Gasteiger partial charge is 0.508 e. The van der Waals surface area contributed by atoms with Crippen LogP contribution in [0.15, 0.2) is 100 Å². The van der Waals surface area contributed by atoms with Gasteiger partial charge in [-0.3, -0.25) is 9.59 Å². The van der Waals surface area contributed by atoms with E-state index in [9.17, 15) is 29.4 Å². The molecule has 1 aromatic heterocycles. The number of ether oxygens (including phenoxy) is 3. The number of carbonyl (C=O) groups is 3. The second-order valence-corrected chi connectivity index (χ2v) is 16.4. The molecule has 9 rings (SSSR count). The molecular weight excluding hydrogens is 789 g/mol. The number of fused-ring (bicyclic) bond motifs is 7. The third-order valence-corrected chi connectivity index (χ3v) is 12.5. The van der Waals surface area contributed by atoms with Crippen molar-refractivity contribution < 1.29 is 43.2 Å². The molecule has 3 N–H and O–H groups in total. The number of nitrogens with one attached hydrogen (secondary N) is 1. The summed E-state index contributed by atoms with van der Waals surface area (Å²) in [5.74, 6) is 0.635. The number of amides is 1. The highest BCUT2D eigenvalue weighted by Crippen LogP contribution is 2.57. The highest BCUT2D eigenvalue weighted by atomic mass is 16.6. The molecule has 12 heteroatoms. The molecular formula is C50H46N2O10. The first-order valence-corrected chi connectivity index (χ1v) is 21.0. The average Bonchev–Trinajstić information content (AvgIpc) is 3.54. The van der Waals surface area contributed by atoms with Gasteiger partial charge in [0.15, 0.2) is 11.4 Å². The lowest BCUT2D eigenvalue weighted by atomic mass is 9.76. The lowest BCUT2D eigenvalue weighted by molar-refractivity contribution is 0.0224. The number of nitrogens with zero attached hydrogens (tertiary/aromatic N) is 1. The fourth-order valence-electron chi connectivity index (χ4n) is 9.24. The van der Waals surface area contributed by atoms with Crippen molar-refractivity contribution in [3.8, 4) is 34.5 Å². The molecule has 3 aliphatic rings. The lowest BCUT2D eigenvalue weighted by Crippen LogP contribution is -2.39. The van der Waals surface area contributed by atoms with Crippen molar-refractivity contribution in [3.05, 3.63) is 146 Å². The van der Waals surface area contributed by atoms with Gasteiger partial charge in [-0.2, -0.15) is 0 Å². The quantitative estimate of drug-likeness (QED) is 0.0684. The van der Waals surface area contributed by atoms with Crippen LogP contribution in [-0.4, -0.2) is 47.0 Å². The predicted molar refractivity (Wildman–Crippen MR) is 232 cm³/mol. The molecule has 1 atom stereocenters. The molecule has 3 heterocycles. The van der Waals surface area contributed by atoms with Gasteiger partial charge < -0.3 is 39.1 Å². The molecule has 0 radical (unpaired) electrons. The van der Waals surface area contributed by atoms with Crippen LogP contribution in [0.1, 0.15) is 105 Å². The van der Waals surface area contributed by atoms with Crippen molar-refractivity contribution in [1.82, 2.24) is 5.32 Å². The Morgan fingerprint density at radius 2 is 1.50 bits per heavy atom. The van der Waals surface area contributed by atoms with E-state index >= 15 is 0 Å². The summed E-state index contributed by atoms with van der Waals surface area (Å²) in [5.41, 5.74) is 2.71. The topological polar surface area (TPSA) is 165 Å². The second-order valence-electron chi connectivity index (χ2n) is 16.4. The highest BCUT2D eigenvalue weighted by Gasteiger charge is 2.54. The van der Waals surface area contributed by atoms with Crippen LogP contribution in [0.3, 0.4) is 0 Å². The summed E-state index contributed by atoms with van der Waals surface area (Å²) in [7, 11) is 0. The standard InChI is InChI=1S/C50H46N2O10/c1-5-52(6-2)33-13-9-31-22-38(48(57)61-43(31)24-33)47(56)51-32-11-7-29(8-12-32)21-42(54)30-10-16-37-41(23-30)50(62-49(37)58)39-17-14-34(53)25-44(39)60-45-26-35(15-18-40(45)50)59-36-19-27(3)46(55)28(4)20-36/h9-10,13-20,22-26,29,32,53,55H,5-8,11-12,21H2,1-4H3,(H,51,56). The number of hydrogen-bond acceptors (Lipinski definition) is 11. The third kappa shape index (κ3) is 7.08. The Bertz CT molecular complexity index is 2850. The van der Waals surface area contributed by atoms with Gasteiger partial charge in [0.25, 0.3) is 5.91 Å². The summed E-state index contributed by atoms with van der Waals surface area (Å²) in [6, 6.07) is 25.3. The van der Waals surface area contributed by atoms with Crippen molar-refractivity contribution in [2.75, 3.05) is 18.0 Å². The summed E-state index contributed by atoms with van der Waals surface area (Å²) in [6.07, 6.45) is 2.95. The van der Waals surface area contributed by atoms with Gasteiger partial charge in [0.05, 0.1) is 5.56 Å². The molecule has 0 saturated heterocycles. The zero-order valence-electron chi connectivity index (χ0n) is 34.9. The monoisotopic (exact) mass is 834 g/mol. The molecule has 1 spiro atoms. The van der Waals surface area contributed by atoms with E-state index < -0.39 is 23.1 Å². The fraction of sp³-hybridized carbons (Fsp3) is 0.280. The van der Waals surface area contributed by atoms with Gasteiger partial charge in [0.2, 0.25) is 0 Å². The van der Waals surface area contributed by atoms with E-state index in [1.54, 1.807) is 74.5 Å². The zero-order chi connectivity index (χ0) is 43.4. The number of rotatable bonds is 10. The average molecular weight is 835 g/mol. The van der Waals surface area contributed by atoms with Crippen LogP contribution in [-0.2, 0) is 10.3 Å². The summed E-state index contributed by atoms with van der Waals surface area (Å²) in [5, 5.41) is 24.4. The van der Waals surface area contributed by atoms with E-state index in [1.807, 2.05) is 18.2 Å². The molecule has 62 heavy (non-hydrogen) atoms. The lowest BCUT2D eigenvalue weighted by Gasteiger charge is -2.36. The van der Waals surface area contributed by atoms with Crippen LogP contribution < -0.4 is 25.3 Å². The SMILES string of the molecule is CCN(CC)c1ccc2cc(C(=O)NC3CCC(CC(=O)c4ccc5c(c4)C4(OC5=O)c5ccc(O)cc5Oc5cc(Oc6cc(C)c(O)c(C)c6)ccc54)CC3)c(=O)oc2c1. The van der Waals surface area contributed by atoms with Crippen LogP contribution in [0.5, 0.6) is 34.5 Å². The van der Waals surface area contributed by atoms with E-state index in [1.165, 1.54) is 12.1 Å². The van der Waals surface area contributed by atoms with Crippen molar-refractivity contribution in [1.29, 1.82) is 0 Å². The first-order valence-electron chi connectivity index (χ1n) is 21.0. The van der Waals surface area contributed by atoms with Gasteiger partial charge in [-0.25, -0.2) is 9.59 Å². The number of hydrogen-bond donors (Lipinski definition) is 3. The summed E-state index contributed by atoms with van der Waals surface area (Å²) in [6.45, 7) is 9.31. The normalized spacial score (nSPS) is 18.6. The number of anilines is 1.